The molecule has 0 fully saturated rings. The number of pyridine rings is 1. The third-order valence-corrected chi connectivity index (χ3v) is 5.07. The van der Waals surface area contributed by atoms with Crippen LogP contribution in [0.3, 0.4) is 0 Å². The Balaban J connectivity index is 1.46. The summed E-state index contributed by atoms with van der Waals surface area (Å²) in [5, 5.41) is 7.10. The number of carbonyl (C=O) groups is 1. The molecule has 0 aliphatic carbocycles. The summed E-state index contributed by atoms with van der Waals surface area (Å²) in [6, 6.07) is 13.0. The molecule has 0 unspecified atom stereocenters. The fourth-order valence-electron chi connectivity index (χ4n) is 3.39. The molecule has 3 aromatic heterocycles. The van der Waals surface area contributed by atoms with Crippen molar-refractivity contribution in [1.82, 2.24) is 30.2 Å². The Hall–Kier alpha value is -3.98. The molecule has 170 valence electrons. The fourth-order valence-corrected chi connectivity index (χ4v) is 3.39. The molecule has 0 bridgehead atoms. The number of aromatic nitrogens is 4. The van der Waals surface area contributed by atoms with E-state index < -0.39 is 0 Å². The first kappa shape index (κ1) is 22.2. The van der Waals surface area contributed by atoms with E-state index in [-0.39, 0.29) is 5.91 Å². The lowest BCUT2D eigenvalue weighted by atomic mass is 10.2. The number of methoxy groups -OCH3 is 1. The zero-order valence-electron chi connectivity index (χ0n) is 18.9. The molecule has 1 amide bonds. The summed E-state index contributed by atoms with van der Waals surface area (Å²) in [5.41, 5.74) is 3.61. The number of aromatic amines is 1. The summed E-state index contributed by atoms with van der Waals surface area (Å²) < 4.78 is 5.27. The molecule has 3 heterocycles. The van der Waals surface area contributed by atoms with Gasteiger partial charge in [-0.15, -0.1) is 0 Å². The second kappa shape index (κ2) is 10.1. The molecular weight excluding hydrogens is 418 g/mol. The number of anilines is 2. The first-order valence-electron chi connectivity index (χ1n) is 10.7. The van der Waals surface area contributed by atoms with Crippen LogP contribution in [0.25, 0.3) is 22.3 Å². The maximum Gasteiger partial charge on any atom is 0.267 e. The number of hydrogen-bond donors (Lipinski definition) is 3. The first-order chi connectivity index (χ1) is 16.0. The average Bonchev–Trinajstić information content (AvgIpc) is 3.25. The minimum absolute atomic E-state index is 0.110. The molecule has 0 atom stereocenters. The number of hydrogen-bond acceptors (Lipinski definition) is 7. The van der Waals surface area contributed by atoms with Gasteiger partial charge in [-0.1, -0.05) is 0 Å². The number of rotatable bonds is 9. The standard InChI is InChI=1S/C24H27N7O2/c1-31(2)12-4-9-26-23(32)22-14-16-13-17(5-6-19(16)29-22)28-24-27-11-8-20(30-24)21-15-18(33-3)7-10-25-21/h5-8,10-11,13-15,29H,4,9,12H2,1-3H3,(H,26,32)(H,27,28,30). The van der Waals surface area contributed by atoms with Crippen LogP contribution in [0.1, 0.15) is 16.9 Å². The number of amides is 1. The van der Waals surface area contributed by atoms with Gasteiger partial charge in [-0.05, 0) is 63.5 Å². The molecule has 3 N–H and O–H groups in total. The summed E-state index contributed by atoms with van der Waals surface area (Å²) in [6.45, 7) is 1.56. The summed E-state index contributed by atoms with van der Waals surface area (Å²) >= 11 is 0. The third-order valence-electron chi connectivity index (χ3n) is 5.07. The van der Waals surface area contributed by atoms with E-state index in [1.165, 1.54) is 0 Å². The summed E-state index contributed by atoms with van der Waals surface area (Å²) in [5.74, 6) is 1.05. The first-order valence-corrected chi connectivity index (χ1v) is 10.7. The van der Waals surface area contributed by atoms with Crippen LogP contribution in [0.4, 0.5) is 11.6 Å². The Morgan fingerprint density at radius 2 is 1.91 bits per heavy atom. The van der Waals surface area contributed by atoms with Crippen LogP contribution in [-0.4, -0.2) is 65.0 Å². The minimum atomic E-state index is -0.110. The van der Waals surface area contributed by atoms with Gasteiger partial charge in [0.1, 0.15) is 11.4 Å². The molecule has 0 spiro atoms. The zero-order chi connectivity index (χ0) is 23.2. The summed E-state index contributed by atoms with van der Waals surface area (Å²) in [4.78, 5) is 31.0. The van der Waals surface area contributed by atoms with Crippen molar-refractivity contribution in [3.8, 4) is 17.1 Å². The van der Waals surface area contributed by atoms with Gasteiger partial charge in [0.15, 0.2) is 0 Å². The predicted octanol–water partition coefficient (Wildman–Crippen LogP) is 3.45. The van der Waals surface area contributed by atoms with Gasteiger partial charge in [-0.3, -0.25) is 9.78 Å². The van der Waals surface area contributed by atoms with Gasteiger partial charge in [0.05, 0.1) is 18.5 Å². The van der Waals surface area contributed by atoms with E-state index in [1.807, 2.05) is 44.4 Å². The molecule has 33 heavy (non-hydrogen) atoms. The van der Waals surface area contributed by atoms with Crippen LogP contribution in [-0.2, 0) is 0 Å². The van der Waals surface area contributed by atoms with Crippen molar-refractivity contribution in [3.63, 3.8) is 0 Å². The van der Waals surface area contributed by atoms with Gasteiger partial charge in [0.2, 0.25) is 5.95 Å². The largest absolute Gasteiger partial charge is 0.497 e. The Kier molecular flexibility index (Phi) is 6.80. The maximum atomic E-state index is 12.4. The highest BCUT2D eigenvalue weighted by Crippen LogP contribution is 2.24. The van der Waals surface area contributed by atoms with Crippen molar-refractivity contribution in [2.24, 2.45) is 0 Å². The van der Waals surface area contributed by atoms with Crippen LogP contribution in [0.15, 0.2) is 54.9 Å². The van der Waals surface area contributed by atoms with Crippen molar-refractivity contribution in [2.45, 2.75) is 6.42 Å². The van der Waals surface area contributed by atoms with Crippen LogP contribution < -0.4 is 15.4 Å². The summed E-state index contributed by atoms with van der Waals surface area (Å²) in [7, 11) is 5.65. The minimum Gasteiger partial charge on any atom is -0.497 e. The molecule has 9 nitrogen and oxygen atoms in total. The van der Waals surface area contributed by atoms with Crippen LogP contribution in [0.5, 0.6) is 5.75 Å². The Labute approximate surface area is 192 Å². The lowest BCUT2D eigenvalue weighted by Crippen LogP contribution is -2.27. The SMILES string of the molecule is COc1ccnc(-c2ccnc(Nc3ccc4[nH]c(C(=O)NCCCN(C)C)cc4c3)n2)c1. The van der Waals surface area contributed by atoms with E-state index in [0.29, 0.717) is 35.3 Å². The van der Waals surface area contributed by atoms with E-state index in [1.54, 1.807) is 31.6 Å². The van der Waals surface area contributed by atoms with Crippen molar-refractivity contribution in [2.75, 3.05) is 39.6 Å². The Morgan fingerprint density at radius 3 is 2.73 bits per heavy atom. The van der Waals surface area contributed by atoms with Gasteiger partial charge in [0.25, 0.3) is 5.91 Å². The van der Waals surface area contributed by atoms with Gasteiger partial charge in [0, 0.05) is 41.6 Å². The number of fused-ring (bicyclic) bond motifs is 1. The molecule has 4 aromatic rings. The fraction of sp³-hybridized carbons (Fsp3) is 0.250. The highest BCUT2D eigenvalue weighted by atomic mass is 16.5. The highest BCUT2D eigenvalue weighted by Gasteiger charge is 2.10. The van der Waals surface area contributed by atoms with E-state index in [0.717, 1.165) is 29.6 Å². The highest BCUT2D eigenvalue weighted by molar-refractivity contribution is 5.98. The number of nitrogens with one attached hydrogen (secondary N) is 3. The molecule has 9 heteroatoms. The number of carbonyl (C=O) groups excluding carboxylic acids is 1. The van der Waals surface area contributed by atoms with Gasteiger partial charge in [-0.2, -0.15) is 0 Å². The predicted molar refractivity (Wildman–Crippen MR) is 129 cm³/mol. The molecule has 0 saturated heterocycles. The second-order valence-electron chi connectivity index (χ2n) is 7.87. The lowest BCUT2D eigenvalue weighted by Gasteiger charge is -2.09. The molecule has 0 aliphatic heterocycles. The number of H-pyrrole nitrogens is 1. The van der Waals surface area contributed by atoms with E-state index in [9.17, 15) is 4.79 Å². The van der Waals surface area contributed by atoms with Crippen molar-refractivity contribution in [3.05, 3.63) is 60.6 Å². The summed E-state index contributed by atoms with van der Waals surface area (Å²) in [6.07, 6.45) is 4.26. The number of ether oxygens (including phenoxy) is 1. The Bertz CT molecular complexity index is 1250. The van der Waals surface area contributed by atoms with E-state index in [4.69, 9.17) is 4.74 Å². The molecule has 0 radical (unpaired) electrons. The maximum absolute atomic E-state index is 12.4. The zero-order valence-corrected chi connectivity index (χ0v) is 18.9. The number of benzene rings is 1. The van der Waals surface area contributed by atoms with E-state index >= 15 is 0 Å². The Morgan fingerprint density at radius 1 is 1.06 bits per heavy atom. The third kappa shape index (κ3) is 5.64. The lowest BCUT2D eigenvalue weighted by molar-refractivity contribution is 0.0948. The smallest absolute Gasteiger partial charge is 0.267 e. The molecule has 4 rings (SSSR count). The van der Waals surface area contributed by atoms with Gasteiger partial charge in [-0.25, -0.2) is 9.97 Å². The normalized spacial score (nSPS) is 11.0. The monoisotopic (exact) mass is 445 g/mol. The molecule has 0 saturated carbocycles. The average molecular weight is 446 g/mol. The molecule has 0 aliphatic rings. The van der Waals surface area contributed by atoms with Crippen molar-refractivity contribution < 1.29 is 9.53 Å². The van der Waals surface area contributed by atoms with Crippen molar-refractivity contribution >= 4 is 28.4 Å². The van der Waals surface area contributed by atoms with Crippen LogP contribution in [0.2, 0.25) is 0 Å². The van der Waals surface area contributed by atoms with Gasteiger partial charge < -0.3 is 25.3 Å². The van der Waals surface area contributed by atoms with Crippen LogP contribution >= 0.6 is 0 Å². The van der Waals surface area contributed by atoms with Crippen molar-refractivity contribution in [1.29, 1.82) is 0 Å². The second-order valence-corrected chi connectivity index (χ2v) is 7.87. The van der Waals surface area contributed by atoms with Gasteiger partial charge >= 0.3 is 0 Å². The molecular formula is C24H27N7O2. The van der Waals surface area contributed by atoms with Crippen LogP contribution in [0, 0.1) is 0 Å². The topological polar surface area (TPSA) is 108 Å². The number of nitrogens with zero attached hydrogens (tertiary/aromatic N) is 4. The quantitative estimate of drug-likeness (QED) is 0.339. The van der Waals surface area contributed by atoms with E-state index in [2.05, 4.69) is 35.5 Å². The molecule has 1 aromatic carbocycles.